The summed E-state index contributed by atoms with van der Waals surface area (Å²) in [6, 6.07) is 4.99. The number of primary amides is 1. The minimum Gasteiger partial charge on any atom is -0.368 e. The van der Waals surface area contributed by atoms with Gasteiger partial charge in [-0.2, -0.15) is 13.2 Å². The molecule has 0 aliphatic rings. The van der Waals surface area contributed by atoms with Crippen LogP contribution in [0, 0.1) is 11.6 Å². The molecule has 2 rings (SSSR count). The lowest BCUT2D eigenvalue weighted by atomic mass is 10.0. The SMILES string of the molecule is NC(=O)[C@H](Cc1cccc(C(F)(F)F)c1)NC(=O)c1ccc(F)cc1F. The molecule has 0 saturated heterocycles. The lowest BCUT2D eigenvalue weighted by molar-refractivity contribution is -0.137. The van der Waals surface area contributed by atoms with Gasteiger partial charge in [0.05, 0.1) is 11.1 Å². The topological polar surface area (TPSA) is 72.2 Å². The fourth-order valence-corrected chi connectivity index (χ4v) is 2.24. The number of benzene rings is 2. The van der Waals surface area contributed by atoms with Crippen LogP contribution in [0.25, 0.3) is 0 Å². The molecule has 0 aliphatic heterocycles. The van der Waals surface area contributed by atoms with Crippen molar-refractivity contribution in [2.75, 3.05) is 0 Å². The molecule has 138 valence electrons. The Kier molecular flexibility index (Phi) is 5.59. The first-order valence-electron chi connectivity index (χ1n) is 7.29. The maximum atomic E-state index is 13.6. The van der Waals surface area contributed by atoms with Crippen LogP contribution >= 0.6 is 0 Å². The number of nitrogens with one attached hydrogen (secondary N) is 1. The highest BCUT2D eigenvalue weighted by Gasteiger charge is 2.31. The molecule has 4 nitrogen and oxygen atoms in total. The summed E-state index contributed by atoms with van der Waals surface area (Å²) in [6.45, 7) is 0. The molecule has 0 aromatic heterocycles. The summed E-state index contributed by atoms with van der Waals surface area (Å²) in [6.07, 6.45) is -4.90. The summed E-state index contributed by atoms with van der Waals surface area (Å²) < 4.78 is 64.7. The van der Waals surface area contributed by atoms with E-state index in [1.807, 2.05) is 0 Å². The van der Waals surface area contributed by atoms with Crippen LogP contribution in [0.2, 0.25) is 0 Å². The first-order chi connectivity index (χ1) is 12.1. The maximum Gasteiger partial charge on any atom is 0.416 e. The molecule has 0 unspecified atom stereocenters. The van der Waals surface area contributed by atoms with Crippen LogP contribution in [0.5, 0.6) is 0 Å². The first-order valence-corrected chi connectivity index (χ1v) is 7.29. The Morgan fingerprint density at radius 1 is 1.08 bits per heavy atom. The number of nitrogens with two attached hydrogens (primary N) is 1. The van der Waals surface area contributed by atoms with Crippen LogP contribution in [0.1, 0.15) is 21.5 Å². The van der Waals surface area contributed by atoms with Gasteiger partial charge in [-0.3, -0.25) is 9.59 Å². The molecular formula is C17H13F5N2O2. The molecule has 26 heavy (non-hydrogen) atoms. The van der Waals surface area contributed by atoms with Gasteiger partial charge in [-0.1, -0.05) is 18.2 Å². The van der Waals surface area contributed by atoms with Crippen molar-refractivity contribution in [1.82, 2.24) is 5.32 Å². The second kappa shape index (κ2) is 7.51. The van der Waals surface area contributed by atoms with Crippen molar-refractivity contribution in [2.45, 2.75) is 18.6 Å². The summed E-state index contributed by atoms with van der Waals surface area (Å²) in [5.74, 6) is -4.10. The molecule has 0 bridgehead atoms. The van der Waals surface area contributed by atoms with Crippen LogP contribution in [-0.4, -0.2) is 17.9 Å². The molecule has 3 N–H and O–H groups in total. The Balaban J connectivity index is 2.19. The van der Waals surface area contributed by atoms with Gasteiger partial charge in [0.2, 0.25) is 5.91 Å². The molecule has 0 saturated carbocycles. The number of amides is 2. The number of alkyl halides is 3. The van der Waals surface area contributed by atoms with Gasteiger partial charge >= 0.3 is 6.18 Å². The number of hydrogen-bond acceptors (Lipinski definition) is 2. The van der Waals surface area contributed by atoms with Crippen LogP contribution < -0.4 is 11.1 Å². The zero-order valence-electron chi connectivity index (χ0n) is 13.1. The third-order valence-corrected chi connectivity index (χ3v) is 3.52. The monoisotopic (exact) mass is 372 g/mol. The third kappa shape index (κ3) is 4.78. The predicted molar refractivity (Wildman–Crippen MR) is 82.0 cm³/mol. The zero-order chi connectivity index (χ0) is 19.5. The van der Waals surface area contributed by atoms with E-state index in [0.717, 1.165) is 30.3 Å². The quantitative estimate of drug-likeness (QED) is 0.793. The average molecular weight is 372 g/mol. The highest BCUT2D eigenvalue weighted by Crippen LogP contribution is 2.29. The van der Waals surface area contributed by atoms with Crippen molar-refractivity contribution < 1.29 is 31.5 Å². The summed E-state index contributed by atoms with van der Waals surface area (Å²) >= 11 is 0. The molecule has 2 aromatic carbocycles. The lowest BCUT2D eigenvalue weighted by Gasteiger charge is -2.17. The van der Waals surface area contributed by atoms with E-state index in [9.17, 15) is 31.5 Å². The highest BCUT2D eigenvalue weighted by atomic mass is 19.4. The van der Waals surface area contributed by atoms with Crippen LogP contribution in [0.4, 0.5) is 22.0 Å². The predicted octanol–water partition coefficient (Wildman–Crippen LogP) is 2.81. The number of halogens is 5. The fourth-order valence-electron chi connectivity index (χ4n) is 2.24. The molecule has 2 amide bonds. The molecule has 2 aromatic rings. The Labute approximate surface area is 144 Å². The summed E-state index contributed by atoms with van der Waals surface area (Å²) in [5, 5.41) is 2.14. The molecule has 0 fully saturated rings. The lowest BCUT2D eigenvalue weighted by Crippen LogP contribution is -2.46. The number of carbonyl (C=O) groups excluding carboxylic acids is 2. The number of rotatable bonds is 5. The Morgan fingerprint density at radius 3 is 2.35 bits per heavy atom. The average Bonchev–Trinajstić information content (AvgIpc) is 2.53. The molecule has 0 aliphatic carbocycles. The van der Waals surface area contributed by atoms with E-state index < -0.39 is 46.8 Å². The molecule has 0 radical (unpaired) electrons. The summed E-state index contributed by atoms with van der Waals surface area (Å²) in [7, 11) is 0. The van der Waals surface area contributed by atoms with Gasteiger partial charge in [-0.05, 0) is 23.8 Å². The van der Waals surface area contributed by atoms with Crippen molar-refractivity contribution >= 4 is 11.8 Å². The molecular weight excluding hydrogens is 359 g/mol. The van der Waals surface area contributed by atoms with Crippen molar-refractivity contribution in [3.8, 4) is 0 Å². The van der Waals surface area contributed by atoms with Crippen LogP contribution in [0.3, 0.4) is 0 Å². The smallest absolute Gasteiger partial charge is 0.368 e. The van der Waals surface area contributed by atoms with E-state index in [2.05, 4.69) is 5.32 Å². The van der Waals surface area contributed by atoms with Crippen molar-refractivity contribution in [2.24, 2.45) is 5.73 Å². The van der Waals surface area contributed by atoms with Gasteiger partial charge in [0, 0.05) is 12.5 Å². The minimum atomic E-state index is -4.57. The van der Waals surface area contributed by atoms with E-state index in [4.69, 9.17) is 5.73 Å². The standard InChI is InChI=1S/C17H13F5N2O2/c18-11-4-5-12(13(19)8-11)16(26)24-14(15(23)25)7-9-2-1-3-10(6-9)17(20,21)22/h1-6,8,14H,7H2,(H2,23,25)(H,24,26)/t14-/m0/s1. The third-order valence-electron chi connectivity index (χ3n) is 3.52. The van der Waals surface area contributed by atoms with Gasteiger partial charge in [0.1, 0.15) is 17.7 Å². The van der Waals surface area contributed by atoms with E-state index in [-0.39, 0.29) is 12.0 Å². The largest absolute Gasteiger partial charge is 0.416 e. The van der Waals surface area contributed by atoms with Crippen molar-refractivity contribution in [1.29, 1.82) is 0 Å². The van der Waals surface area contributed by atoms with Gasteiger partial charge in [-0.25, -0.2) is 8.78 Å². The van der Waals surface area contributed by atoms with Gasteiger partial charge < -0.3 is 11.1 Å². The van der Waals surface area contributed by atoms with Crippen LogP contribution in [0.15, 0.2) is 42.5 Å². The normalized spacial score (nSPS) is 12.5. The second-order valence-corrected chi connectivity index (χ2v) is 5.45. The second-order valence-electron chi connectivity index (χ2n) is 5.45. The van der Waals surface area contributed by atoms with E-state index in [0.29, 0.717) is 6.07 Å². The summed E-state index contributed by atoms with van der Waals surface area (Å²) in [5.41, 5.74) is 3.82. The number of hydrogen-bond donors (Lipinski definition) is 2. The Morgan fingerprint density at radius 2 is 1.77 bits per heavy atom. The van der Waals surface area contributed by atoms with Crippen molar-refractivity contribution in [3.05, 3.63) is 70.8 Å². The molecule has 0 heterocycles. The maximum absolute atomic E-state index is 13.6. The zero-order valence-corrected chi connectivity index (χ0v) is 13.1. The van der Waals surface area contributed by atoms with Gasteiger partial charge in [0.15, 0.2) is 0 Å². The van der Waals surface area contributed by atoms with Crippen LogP contribution in [-0.2, 0) is 17.4 Å². The van der Waals surface area contributed by atoms with E-state index in [1.54, 1.807) is 0 Å². The van der Waals surface area contributed by atoms with Gasteiger partial charge in [0.25, 0.3) is 5.91 Å². The Hall–Kier alpha value is -2.97. The highest BCUT2D eigenvalue weighted by molar-refractivity contribution is 5.97. The first kappa shape index (κ1) is 19.4. The van der Waals surface area contributed by atoms with Gasteiger partial charge in [-0.15, -0.1) is 0 Å². The van der Waals surface area contributed by atoms with Crippen molar-refractivity contribution in [3.63, 3.8) is 0 Å². The minimum absolute atomic E-state index is 0.100. The van der Waals surface area contributed by atoms with E-state index >= 15 is 0 Å². The summed E-state index contributed by atoms with van der Waals surface area (Å²) in [4.78, 5) is 23.6. The molecule has 0 spiro atoms. The Bertz CT molecular complexity index is 836. The number of carbonyl (C=O) groups is 2. The molecule has 1 atom stereocenters. The van der Waals surface area contributed by atoms with E-state index in [1.165, 1.54) is 6.07 Å². The molecule has 9 heteroatoms. The fraction of sp³-hybridized carbons (Fsp3) is 0.176.